The fourth-order valence-corrected chi connectivity index (χ4v) is 3.54. The molecule has 0 saturated carbocycles. The largest absolute Gasteiger partial charge is 0.504 e. The molecule has 0 aliphatic carbocycles. The van der Waals surface area contributed by atoms with E-state index in [1.807, 2.05) is 18.2 Å². The predicted octanol–water partition coefficient (Wildman–Crippen LogP) is 6.79. The number of benzene rings is 1. The Bertz CT molecular complexity index is 998. The average Bonchev–Trinajstić information content (AvgIpc) is 2.75. The first-order valence-corrected chi connectivity index (χ1v) is 11.9. The van der Waals surface area contributed by atoms with Crippen molar-refractivity contribution in [2.45, 2.75) is 79.7 Å². The van der Waals surface area contributed by atoms with Gasteiger partial charge in [-0.25, -0.2) is 0 Å². The van der Waals surface area contributed by atoms with Crippen LogP contribution < -0.4 is 15.6 Å². The second-order valence-corrected chi connectivity index (χ2v) is 8.67. The fourth-order valence-electron chi connectivity index (χ4n) is 3.54. The van der Waals surface area contributed by atoms with Crippen molar-refractivity contribution in [1.82, 2.24) is 4.57 Å². The third-order valence-corrected chi connectivity index (χ3v) is 5.53. The van der Waals surface area contributed by atoms with Crippen molar-refractivity contribution in [3.8, 4) is 11.5 Å². The van der Waals surface area contributed by atoms with E-state index in [0.29, 0.717) is 18.5 Å². The van der Waals surface area contributed by atoms with Crippen molar-refractivity contribution < 1.29 is 9.84 Å². The standard InChI is InChI=1S/C27H40N2O3/c1-6-8-17-29-24-19-22(28-16-15-21(5)12-10-11-20(3)4)13-14-23(24)25(30)26(27(29)31)32-18-9-7-2/h11,13-15,19,28,30H,6-10,12,16-18H2,1-5H3/b21-15+. The topological polar surface area (TPSA) is 63.5 Å². The highest BCUT2D eigenvalue weighted by molar-refractivity contribution is 5.90. The molecule has 0 bridgehead atoms. The number of hydrogen-bond acceptors (Lipinski definition) is 4. The molecule has 0 unspecified atom stereocenters. The van der Waals surface area contributed by atoms with Crippen LogP contribution in [0.4, 0.5) is 5.69 Å². The minimum absolute atomic E-state index is 0.0598. The van der Waals surface area contributed by atoms with E-state index < -0.39 is 0 Å². The molecule has 0 aliphatic rings. The number of aromatic nitrogens is 1. The van der Waals surface area contributed by atoms with Gasteiger partial charge in [0.2, 0.25) is 5.75 Å². The van der Waals surface area contributed by atoms with Crippen LogP contribution in [0, 0.1) is 0 Å². The summed E-state index contributed by atoms with van der Waals surface area (Å²) in [5.41, 5.74) is 4.10. The number of nitrogens with zero attached hydrogens (tertiary/aromatic N) is 1. The molecular formula is C27H40N2O3. The number of aryl methyl sites for hydroxylation is 1. The Kier molecular flexibility index (Phi) is 10.4. The summed E-state index contributed by atoms with van der Waals surface area (Å²) in [5.74, 6) is 0.00750. The first-order chi connectivity index (χ1) is 15.4. The molecular weight excluding hydrogens is 400 g/mol. The Balaban J connectivity index is 2.28. The van der Waals surface area contributed by atoms with Gasteiger partial charge in [-0.3, -0.25) is 4.79 Å². The number of fused-ring (bicyclic) bond motifs is 1. The maximum atomic E-state index is 13.1. The van der Waals surface area contributed by atoms with Crippen LogP contribution in [-0.2, 0) is 6.54 Å². The highest BCUT2D eigenvalue weighted by Gasteiger charge is 2.18. The van der Waals surface area contributed by atoms with Crippen LogP contribution in [0.5, 0.6) is 11.5 Å². The predicted molar refractivity (Wildman–Crippen MR) is 136 cm³/mol. The van der Waals surface area contributed by atoms with Gasteiger partial charge in [-0.2, -0.15) is 0 Å². The molecule has 0 radical (unpaired) electrons. The monoisotopic (exact) mass is 440 g/mol. The van der Waals surface area contributed by atoms with Gasteiger partial charge in [0, 0.05) is 24.2 Å². The zero-order valence-corrected chi connectivity index (χ0v) is 20.5. The van der Waals surface area contributed by atoms with Crippen LogP contribution in [-0.4, -0.2) is 22.8 Å². The summed E-state index contributed by atoms with van der Waals surface area (Å²) in [6.45, 7) is 12.3. The van der Waals surface area contributed by atoms with Crippen LogP contribution in [0.3, 0.4) is 0 Å². The zero-order chi connectivity index (χ0) is 23.5. The summed E-state index contributed by atoms with van der Waals surface area (Å²) >= 11 is 0. The van der Waals surface area contributed by atoms with Gasteiger partial charge >= 0.3 is 0 Å². The number of nitrogens with one attached hydrogen (secondary N) is 1. The molecule has 0 amide bonds. The maximum Gasteiger partial charge on any atom is 0.297 e. The fraction of sp³-hybridized carbons (Fsp3) is 0.519. The smallest absolute Gasteiger partial charge is 0.297 e. The summed E-state index contributed by atoms with van der Waals surface area (Å²) in [7, 11) is 0. The van der Waals surface area contributed by atoms with Crippen molar-refractivity contribution in [1.29, 1.82) is 0 Å². The quantitative estimate of drug-likeness (QED) is 0.266. The molecule has 1 aromatic carbocycles. The summed E-state index contributed by atoms with van der Waals surface area (Å²) in [6.07, 6.45) is 10.3. The molecule has 176 valence electrons. The van der Waals surface area contributed by atoms with Crippen LogP contribution in [0.2, 0.25) is 0 Å². The number of anilines is 1. The second kappa shape index (κ2) is 13.0. The van der Waals surface area contributed by atoms with Gasteiger partial charge in [-0.1, -0.05) is 50.0 Å². The van der Waals surface area contributed by atoms with Gasteiger partial charge in [-0.05, 0) is 64.7 Å². The van der Waals surface area contributed by atoms with Crippen molar-refractivity contribution in [2.24, 2.45) is 0 Å². The third-order valence-electron chi connectivity index (χ3n) is 5.53. The Morgan fingerprint density at radius 2 is 1.88 bits per heavy atom. The van der Waals surface area contributed by atoms with E-state index in [2.05, 4.69) is 52.1 Å². The molecule has 5 heteroatoms. The molecule has 32 heavy (non-hydrogen) atoms. The second-order valence-electron chi connectivity index (χ2n) is 8.67. The number of rotatable bonds is 13. The van der Waals surface area contributed by atoms with Gasteiger partial charge in [0.15, 0.2) is 5.75 Å². The Morgan fingerprint density at radius 3 is 2.56 bits per heavy atom. The lowest BCUT2D eigenvalue weighted by Crippen LogP contribution is -2.23. The van der Waals surface area contributed by atoms with Gasteiger partial charge in [-0.15, -0.1) is 0 Å². The summed E-state index contributed by atoms with van der Waals surface area (Å²) in [4.78, 5) is 13.1. The van der Waals surface area contributed by atoms with Gasteiger partial charge in [0.1, 0.15) is 0 Å². The van der Waals surface area contributed by atoms with Crippen molar-refractivity contribution >= 4 is 16.6 Å². The van der Waals surface area contributed by atoms with E-state index in [0.717, 1.165) is 56.3 Å². The number of pyridine rings is 1. The summed E-state index contributed by atoms with van der Waals surface area (Å²) in [5, 5.41) is 14.8. The van der Waals surface area contributed by atoms with E-state index in [-0.39, 0.29) is 17.1 Å². The molecule has 1 heterocycles. The summed E-state index contributed by atoms with van der Waals surface area (Å²) in [6, 6.07) is 5.76. The number of allylic oxidation sites excluding steroid dienone is 3. The minimum Gasteiger partial charge on any atom is -0.504 e. The van der Waals surface area contributed by atoms with Crippen LogP contribution in [0.25, 0.3) is 10.9 Å². The van der Waals surface area contributed by atoms with Gasteiger partial charge in [0.05, 0.1) is 12.1 Å². The highest BCUT2D eigenvalue weighted by atomic mass is 16.5. The third kappa shape index (κ3) is 7.18. The number of hydrogen-bond donors (Lipinski definition) is 2. The van der Waals surface area contributed by atoms with Crippen LogP contribution in [0.1, 0.15) is 73.1 Å². The molecule has 5 nitrogen and oxygen atoms in total. The Morgan fingerprint density at radius 1 is 1.12 bits per heavy atom. The molecule has 2 N–H and O–H groups in total. The van der Waals surface area contributed by atoms with Crippen molar-refractivity contribution in [3.05, 3.63) is 51.9 Å². The van der Waals surface area contributed by atoms with E-state index in [1.165, 1.54) is 11.1 Å². The molecule has 2 rings (SSSR count). The Hall–Kier alpha value is -2.69. The Labute approximate surface area is 192 Å². The molecule has 0 atom stereocenters. The first-order valence-electron chi connectivity index (χ1n) is 11.9. The van der Waals surface area contributed by atoms with E-state index in [4.69, 9.17) is 4.74 Å². The van der Waals surface area contributed by atoms with Gasteiger partial charge in [0.25, 0.3) is 5.56 Å². The van der Waals surface area contributed by atoms with Crippen LogP contribution in [0.15, 0.2) is 46.3 Å². The molecule has 0 saturated heterocycles. The normalized spacial score (nSPS) is 11.6. The van der Waals surface area contributed by atoms with E-state index in [1.54, 1.807) is 4.57 Å². The zero-order valence-electron chi connectivity index (χ0n) is 20.5. The molecule has 0 spiro atoms. The minimum atomic E-state index is -0.258. The van der Waals surface area contributed by atoms with Crippen LogP contribution >= 0.6 is 0 Å². The van der Waals surface area contributed by atoms with E-state index in [9.17, 15) is 9.90 Å². The number of unbranched alkanes of at least 4 members (excludes halogenated alkanes) is 2. The summed E-state index contributed by atoms with van der Waals surface area (Å²) < 4.78 is 7.44. The van der Waals surface area contributed by atoms with E-state index >= 15 is 0 Å². The number of ether oxygens (including phenoxy) is 1. The highest BCUT2D eigenvalue weighted by Crippen LogP contribution is 2.33. The van der Waals surface area contributed by atoms with Crippen molar-refractivity contribution in [2.75, 3.05) is 18.5 Å². The SMILES string of the molecule is CCCCOc1c(O)c2ccc(NC/C=C(\C)CCC=C(C)C)cc2n(CCCC)c1=O. The van der Waals surface area contributed by atoms with Gasteiger partial charge < -0.3 is 19.7 Å². The lowest BCUT2D eigenvalue weighted by molar-refractivity contribution is 0.287. The van der Waals surface area contributed by atoms with Crippen molar-refractivity contribution in [3.63, 3.8) is 0 Å². The average molecular weight is 441 g/mol. The number of aromatic hydroxyl groups is 1. The molecule has 0 aliphatic heterocycles. The molecule has 2 aromatic rings. The maximum absolute atomic E-state index is 13.1. The lowest BCUT2D eigenvalue weighted by atomic mass is 10.1. The molecule has 1 aromatic heterocycles. The molecule has 0 fully saturated rings. The lowest BCUT2D eigenvalue weighted by Gasteiger charge is -2.16. The first kappa shape index (κ1) is 25.6.